The van der Waals surface area contributed by atoms with Crippen molar-refractivity contribution in [3.05, 3.63) is 60.0 Å². The molecule has 4 rings (SSSR count). The van der Waals surface area contributed by atoms with E-state index in [-0.39, 0.29) is 5.91 Å². The van der Waals surface area contributed by atoms with Crippen molar-refractivity contribution in [3.8, 4) is 0 Å². The summed E-state index contributed by atoms with van der Waals surface area (Å²) in [6.07, 6.45) is 7.04. The topological polar surface area (TPSA) is 61.0 Å². The summed E-state index contributed by atoms with van der Waals surface area (Å²) in [6, 6.07) is 12.1. The molecule has 1 unspecified atom stereocenters. The maximum atomic E-state index is 12.5. The number of rotatable bonds is 5. The Bertz CT molecular complexity index is 933. The number of anilines is 1. The van der Waals surface area contributed by atoms with Gasteiger partial charge in [0, 0.05) is 48.6 Å². The van der Waals surface area contributed by atoms with E-state index in [2.05, 4.69) is 39.2 Å². The summed E-state index contributed by atoms with van der Waals surface area (Å²) in [5, 5.41) is 4.22. The number of hydrogen-bond donors (Lipinski definition) is 2. The third-order valence-corrected chi connectivity index (χ3v) is 5.35. The van der Waals surface area contributed by atoms with E-state index in [1.54, 1.807) is 6.20 Å². The number of fused-ring (bicyclic) bond motifs is 1. The number of para-hydroxylation sites is 1. The molecule has 140 valence electrons. The molecule has 0 bridgehead atoms. The van der Waals surface area contributed by atoms with E-state index >= 15 is 0 Å². The first-order valence-corrected chi connectivity index (χ1v) is 9.75. The van der Waals surface area contributed by atoms with E-state index < -0.39 is 0 Å². The molecule has 27 heavy (non-hydrogen) atoms. The van der Waals surface area contributed by atoms with Gasteiger partial charge in [0.2, 0.25) is 0 Å². The van der Waals surface area contributed by atoms with E-state index in [1.807, 2.05) is 30.5 Å². The Hall–Kier alpha value is -2.82. The number of aromatic amines is 1. The van der Waals surface area contributed by atoms with Crippen molar-refractivity contribution in [2.75, 3.05) is 24.5 Å². The standard InChI is InChI=1S/C22H26N4O/c1-16-5-4-12-26(15-16)18-9-11-23-21(13-18)22(27)24-10-8-17-14-25-20-7-3-2-6-19(17)20/h2-3,6-7,9,11,13-14,16,25H,4-5,8,10,12,15H2,1H3,(H,24,27). The monoisotopic (exact) mass is 362 g/mol. The molecular weight excluding hydrogens is 336 g/mol. The van der Waals surface area contributed by atoms with Crippen LogP contribution < -0.4 is 10.2 Å². The molecule has 2 N–H and O–H groups in total. The molecule has 5 heteroatoms. The third kappa shape index (κ3) is 3.97. The number of benzene rings is 1. The van der Waals surface area contributed by atoms with Gasteiger partial charge in [0.1, 0.15) is 5.69 Å². The molecule has 2 aromatic heterocycles. The van der Waals surface area contributed by atoms with Crippen molar-refractivity contribution in [3.63, 3.8) is 0 Å². The van der Waals surface area contributed by atoms with Gasteiger partial charge in [-0.05, 0) is 48.9 Å². The first-order valence-electron chi connectivity index (χ1n) is 9.75. The molecule has 1 saturated heterocycles. The molecular formula is C22H26N4O. The second kappa shape index (κ2) is 7.82. The van der Waals surface area contributed by atoms with Gasteiger partial charge in [-0.15, -0.1) is 0 Å². The van der Waals surface area contributed by atoms with Crippen LogP contribution in [-0.2, 0) is 6.42 Å². The maximum Gasteiger partial charge on any atom is 0.269 e. The molecule has 1 aromatic carbocycles. The highest BCUT2D eigenvalue weighted by molar-refractivity contribution is 5.93. The maximum absolute atomic E-state index is 12.5. The summed E-state index contributed by atoms with van der Waals surface area (Å²) in [5.74, 6) is 0.585. The normalized spacial score (nSPS) is 17.2. The average Bonchev–Trinajstić information content (AvgIpc) is 3.11. The molecule has 3 aromatic rings. The number of aromatic nitrogens is 2. The summed E-state index contributed by atoms with van der Waals surface area (Å²) in [5.41, 5.74) is 3.93. The fraction of sp³-hybridized carbons (Fsp3) is 0.364. The first kappa shape index (κ1) is 17.6. The van der Waals surface area contributed by atoms with Crippen LogP contribution in [0.3, 0.4) is 0 Å². The Kier molecular flexibility index (Phi) is 5.10. The number of piperidine rings is 1. The van der Waals surface area contributed by atoms with Crippen LogP contribution in [0, 0.1) is 5.92 Å². The van der Waals surface area contributed by atoms with Gasteiger partial charge in [0.05, 0.1) is 0 Å². The minimum atomic E-state index is -0.109. The van der Waals surface area contributed by atoms with Gasteiger partial charge in [-0.2, -0.15) is 0 Å². The minimum Gasteiger partial charge on any atom is -0.371 e. The lowest BCUT2D eigenvalue weighted by atomic mass is 10.00. The predicted octanol–water partition coefficient (Wildman–Crippen LogP) is 3.77. The second-order valence-corrected chi connectivity index (χ2v) is 7.46. The summed E-state index contributed by atoms with van der Waals surface area (Å²) in [6.45, 7) is 4.97. The molecule has 1 aliphatic rings. The van der Waals surface area contributed by atoms with E-state index in [0.717, 1.165) is 30.7 Å². The molecule has 0 radical (unpaired) electrons. The van der Waals surface area contributed by atoms with Crippen molar-refractivity contribution >= 4 is 22.5 Å². The van der Waals surface area contributed by atoms with E-state index in [0.29, 0.717) is 18.2 Å². The summed E-state index contributed by atoms with van der Waals surface area (Å²) < 4.78 is 0. The second-order valence-electron chi connectivity index (χ2n) is 7.46. The molecule has 0 spiro atoms. The van der Waals surface area contributed by atoms with Crippen LogP contribution in [0.1, 0.15) is 35.8 Å². The van der Waals surface area contributed by atoms with Crippen LogP contribution in [0.4, 0.5) is 5.69 Å². The molecule has 1 amide bonds. The fourth-order valence-corrected chi connectivity index (χ4v) is 3.90. The molecule has 0 aliphatic carbocycles. The molecule has 1 aliphatic heterocycles. The van der Waals surface area contributed by atoms with Crippen LogP contribution in [0.2, 0.25) is 0 Å². The number of pyridine rings is 1. The van der Waals surface area contributed by atoms with Gasteiger partial charge in [0.25, 0.3) is 5.91 Å². The van der Waals surface area contributed by atoms with Crippen LogP contribution in [0.25, 0.3) is 10.9 Å². The van der Waals surface area contributed by atoms with Crippen molar-refractivity contribution in [2.45, 2.75) is 26.2 Å². The predicted molar refractivity (Wildman–Crippen MR) is 109 cm³/mol. The fourth-order valence-electron chi connectivity index (χ4n) is 3.90. The van der Waals surface area contributed by atoms with E-state index in [9.17, 15) is 4.79 Å². The summed E-state index contributed by atoms with van der Waals surface area (Å²) in [4.78, 5) is 22.4. The average molecular weight is 362 g/mol. The number of carbonyl (C=O) groups is 1. The Labute approximate surface area is 159 Å². The lowest BCUT2D eigenvalue weighted by Crippen LogP contribution is -2.34. The zero-order valence-corrected chi connectivity index (χ0v) is 15.7. The number of hydrogen-bond acceptors (Lipinski definition) is 3. The lowest BCUT2D eigenvalue weighted by Gasteiger charge is -2.32. The van der Waals surface area contributed by atoms with E-state index in [4.69, 9.17) is 0 Å². The highest BCUT2D eigenvalue weighted by Crippen LogP contribution is 2.23. The van der Waals surface area contributed by atoms with Gasteiger partial charge in [-0.25, -0.2) is 0 Å². The Balaban J connectivity index is 1.37. The van der Waals surface area contributed by atoms with Gasteiger partial charge in [0.15, 0.2) is 0 Å². The lowest BCUT2D eigenvalue weighted by molar-refractivity contribution is 0.0949. The number of nitrogens with one attached hydrogen (secondary N) is 2. The van der Waals surface area contributed by atoms with E-state index in [1.165, 1.54) is 23.8 Å². The Morgan fingerprint density at radius 3 is 3.11 bits per heavy atom. The van der Waals surface area contributed by atoms with Crippen molar-refractivity contribution < 1.29 is 4.79 Å². The molecule has 1 fully saturated rings. The highest BCUT2D eigenvalue weighted by Gasteiger charge is 2.18. The highest BCUT2D eigenvalue weighted by atomic mass is 16.1. The van der Waals surface area contributed by atoms with Crippen LogP contribution >= 0.6 is 0 Å². The first-order chi connectivity index (χ1) is 13.2. The zero-order valence-electron chi connectivity index (χ0n) is 15.7. The third-order valence-electron chi connectivity index (χ3n) is 5.35. The molecule has 3 heterocycles. The van der Waals surface area contributed by atoms with Gasteiger partial charge in [-0.1, -0.05) is 25.1 Å². The van der Waals surface area contributed by atoms with Crippen LogP contribution in [0.15, 0.2) is 48.8 Å². The molecule has 0 saturated carbocycles. The minimum absolute atomic E-state index is 0.109. The smallest absolute Gasteiger partial charge is 0.269 e. The van der Waals surface area contributed by atoms with Crippen molar-refractivity contribution in [1.82, 2.24) is 15.3 Å². The number of amides is 1. The summed E-state index contributed by atoms with van der Waals surface area (Å²) in [7, 11) is 0. The zero-order chi connectivity index (χ0) is 18.6. The SMILES string of the molecule is CC1CCCN(c2ccnc(C(=O)NCCc3c[nH]c4ccccc34)c2)C1. The number of carbonyl (C=O) groups excluding carboxylic acids is 1. The van der Waals surface area contributed by atoms with Crippen molar-refractivity contribution in [2.24, 2.45) is 5.92 Å². The van der Waals surface area contributed by atoms with Gasteiger partial charge in [-0.3, -0.25) is 9.78 Å². The molecule has 1 atom stereocenters. The Morgan fingerprint density at radius 1 is 1.33 bits per heavy atom. The van der Waals surface area contributed by atoms with Gasteiger partial charge >= 0.3 is 0 Å². The van der Waals surface area contributed by atoms with Crippen molar-refractivity contribution in [1.29, 1.82) is 0 Å². The number of H-pyrrole nitrogens is 1. The van der Waals surface area contributed by atoms with Crippen LogP contribution in [0.5, 0.6) is 0 Å². The largest absolute Gasteiger partial charge is 0.371 e. The van der Waals surface area contributed by atoms with Crippen LogP contribution in [-0.4, -0.2) is 35.5 Å². The molecule has 5 nitrogen and oxygen atoms in total. The van der Waals surface area contributed by atoms with Gasteiger partial charge < -0.3 is 15.2 Å². The Morgan fingerprint density at radius 2 is 2.22 bits per heavy atom. The quantitative estimate of drug-likeness (QED) is 0.726. The summed E-state index contributed by atoms with van der Waals surface area (Å²) >= 11 is 0. The number of nitrogens with zero attached hydrogens (tertiary/aromatic N) is 2.